The van der Waals surface area contributed by atoms with Crippen LogP contribution >= 0.6 is 0 Å². The van der Waals surface area contributed by atoms with Crippen LogP contribution in [0.15, 0.2) is 48.5 Å². The number of hydrogen-bond acceptors (Lipinski definition) is 3. The zero-order valence-corrected chi connectivity index (χ0v) is 10.0. The summed E-state index contributed by atoms with van der Waals surface area (Å²) in [6, 6.07) is 15.1. The number of para-hydroxylation sites is 1. The fraction of sp³-hybridized carbons (Fsp3) is 0.0714. The summed E-state index contributed by atoms with van der Waals surface area (Å²) in [5.74, 6) is 5.31. The maximum Gasteiger partial charge on any atom is 0.268 e. The number of nitrogens with two attached hydrogens (primary N) is 1. The Kier molecular flexibility index (Phi) is 3.60. The Bertz CT molecular complexity index is 553. The van der Waals surface area contributed by atoms with E-state index in [1.807, 2.05) is 36.4 Å². The van der Waals surface area contributed by atoms with Gasteiger partial charge in [0.25, 0.3) is 5.91 Å². The Labute approximate surface area is 105 Å². The van der Waals surface area contributed by atoms with Crippen molar-refractivity contribution in [2.75, 3.05) is 7.11 Å². The molecule has 0 aliphatic heterocycles. The molecule has 2 rings (SSSR count). The standard InChI is InChI=1S/C14H14N2O2/c1-18-13-11(10-6-3-2-4-7-10)8-5-9-12(13)14(17)16-15/h2-9H,15H2,1H3,(H,16,17). The van der Waals surface area contributed by atoms with E-state index in [1.54, 1.807) is 12.1 Å². The molecule has 1 amide bonds. The Hall–Kier alpha value is -2.33. The second kappa shape index (κ2) is 5.33. The number of nitrogens with one attached hydrogen (secondary N) is 1. The van der Waals surface area contributed by atoms with Crippen molar-refractivity contribution in [3.63, 3.8) is 0 Å². The highest BCUT2D eigenvalue weighted by molar-refractivity contribution is 5.99. The lowest BCUT2D eigenvalue weighted by Crippen LogP contribution is -2.30. The Morgan fingerprint density at radius 2 is 1.83 bits per heavy atom. The predicted octanol–water partition coefficient (Wildman–Crippen LogP) is 1.97. The number of ether oxygens (including phenoxy) is 1. The van der Waals surface area contributed by atoms with Gasteiger partial charge in [-0.15, -0.1) is 0 Å². The minimum atomic E-state index is -0.371. The van der Waals surface area contributed by atoms with Crippen LogP contribution in [0.2, 0.25) is 0 Å². The molecule has 4 heteroatoms. The van der Waals surface area contributed by atoms with Gasteiger partial charge in [-0.2, -0.15) is 0 Å². The maximum atomic E-state index is 11.7. The Balaban J connectivity index is 2.59. The topological polar surface area (TPSA) is 64.3 Å². The predicted molar refractivity (Wildman–Crippen MR) is 70.1 cm³/mol. The summed E-state index contributed by atoms with van der Waals surface area (Å²) in [4.78, 5) is 11.7. The molecule has 0 heterocycles. The average molecular weight is 242 g/mol. The van der Waals surface area contributed by atoms with Gasteiger partial charge in [0.05, 0.1) is 12.7 Å². The smallest absolute Gasteiger partial charge is 0.268 e. The minimum absolute atomic E-state index is 0.371. The first-order chi connectivity index (χ1) is 8.77. The molecular formula is C14H14N2O2. The minimum Gasteiger partial charge on any atom is -0.495 e. The molecule has 0 aromatic heterocycles. The first kappa shape index (κ1) is 12.1. The van der Waals surface area contributed by atoms with Gasteiger partial charge in [0, 0.05) is 5.56 Å². The van der Waals surface area contributed by atoms with Crippen molar-refractivity contribution in [3.05, 3.63) is 54.1 Å². The molecule has 0 atom stereocenters. The number of nitrogen functional groups attached to an aromatic ring is 1. The van der Waals surface area contributed by atoms with Gasteiger partial charge in [-0.1, -0.05) is 42.5 Å². The number of hydrogen-bond donors (Lipinski definition) is 2. The highest BCUT2D eigenvalue weighted by Gasteiger charge is 2.15. The zero-order chi connectivity index (χ0) is 13.0. The van der Waals surface area contributed by atoms with Gasteiger partial charge in [-0.05, 0) is 11.6 Å². The van der Waals surface area contributed by atoms with E-state index >= 15 is 0 Å². The van der Waals surface area contributed by atoms with E-state index in [0.717, 1.165) is 11.1 Å². The summed E-state index contributed by atoms with van der Waals surface area (Å²) in [6.45, 7) is 0. The van der Waals surface area contributed by atoms with Gasteiger partial charge in [0.1, 0.15) is 5.75 Å². The van der Waals surface area contributed by atoms with Crippen LogP contribution in [0.1, 0.15) is 10.4 Å². The molecule has 0 saturated heterocycles. The van der Waals surface area contributed by atoms with E-state index in [1.165, 1.54) is 7.11 Å². The highest BCUT2D eigenvalue weighted by Crippen LogP contribution is 2.32. The third-order valence-corrected chi connectivity index (χ3v) is 2.68. The van der Waals surface area contributed by atoms with Crippen LogP contribution in [0.5, 0.6) is 5.75 Å². The lowest BCUT2D eigenvalue weighted by molar-refractivity contribution is 0.0950. The number of hydrazine groups is 1. The normalized spacial score (nSPS) is 9.89. The number of amides is 1. The van der Waals surface area contributed by atoms with E-state index in [4.69, 9.17) is 10.6 Å². The van der Waals surface area contributed by atoms with Crippen molar-refractivity contribution >= 4 is 5.91 Å². The lowest BCUT2D eigenvalue weighted by atomic mass is 10.0. The number of carbonyl (C=O) groups excluding carboxylic acids is 1. The molecule has 0 aliphatic rings. The summed E-state index contributed by atoms with van der Waals surface area (Å²) < 4.78 is 5.34. The first-order valence-electron chi connectivity index (χ1n) is 5.51. The van der Waals surface area contributed by atoms with Crippen molar-refractivity contribution in [1.29, 1.82) is 0 Å². The second-order valence-electron chi connectivity index (χ2n) is 3.73. The summed E-state index contributed by atoms with van der Waals surface area (Å²) >= 11 is 0. The van der Waals surface area contributed by atoms with Crippen molar-refractivity contribution < 1.29 is 9.53 Å². The van der Waals surface area contributed by atoms with Crippen LogP contribution in [-0.4, -0.2) is 13.0 Å². The van der Waals surface area contributed by atoms with Crippen LogP contribution in [-0.2, 0) is 0 Å². The van der Waals surface area contributed by atoms with Crippen LogP contribution in [0.4, 0.5) is 0 Å². The number of rotatable bonds is 3. The number of benzene rings is 2. The molecule has 2 aromatic carbocycles. The molecule has 0 radical (unpaired) electrons. The summed E-state index contributed by atoms with van der Waals surface area (Å²) in [5, 5.41) is 0. The lowest BCUT2D eigenvalue weighted by Gasteiger charge is -2.12. The molecule has 0 spiro atoms. The average Bonchev–Trinajstić information content (AvgIpc) is 2.46. The maximum absolute atomic E-state index is 11.7. The Morgan fingerprint density at radius 1 is 1.11 bits per heavy atom. The SMILES string of the molecule is COc1c(C(=O)NN)cccc1-c1ccccc1. The molecule has 0 aliphatic carbocycles. The van der Waals surface area contributed by atoms with Crippen molar-refractivity contribution in [2.24, 2.45) is 5.84 Å². The third-order valence-electron chi connectivity index (χ3n) is 2.68. The van der Waals surface area contributed by atoms with Crippen molar-refractivity contribution in [2.45, 2.75) is 0 Å². The quantitative estimate of drug-likeness (QED) is 0.491. The molecule has 0 saturated carbocycles. The van der Waals surface area contributed by atoms with E-state index < -0.39 is 0 Å². The van der Waals surface area contributed by atoms with Crippen LogP contribution < -0.4 is 16.0 Å². The van der Waals surface area contributed by atoms with E-state index in [0.29, 0.717) is 11.3 Å². The van der Waals surface area contributed by atoms with Gasteiger partial charge in [0.15, 0.2) is 0 Å². The van der Waals surface area contributed by atoms with Gasteiger partial charge in [-0.3, -0.25) is 10.2 Å². The summed E-state index contributed by atoms with van der Waals surface area (Å²) in [7, 11) is 1.54. The number of methoxy groups -OCH3 is 1. The van der Waals surface area contributed by atoms with Gasteiger partial charge >= 0.3 is 0 Å². The zero-order valence-electron chi connectivity index (χ0n) is 10.0. The molecule has 4 nitrogen and oxygen atoms in total. The Morgan fingerprint density at radius 3 is 2.44 bits per heavy atom. The molecule has 2 aromatic rings. The van der Waals surface area contributed by atoms with Gasteiger partial charge in [0.2, 0.25) is 0 Å². The van der Waals surface area contributed by atoms with Gasteiger partial charge < -0.3 is 4.74 Å². The van der Waals surface area contributed by atoms with Crippen molar-refractivity contribution in [1.82, 2.24) is 5.43 Å². The van der Waals surface area contributed by atoms with Gasteiger partial charge in [-0.25, -0.2) is 5.84 Å². The first-order valence-corrected chi connectivity index (χ1v) is 5.51. The molecule has 18 heavy (non-hydrogen) atoms. The summed E-state index contributed by atoms with van der Waals surface area (Å²) in [5.41, 5.74) is 4.38. The molecule has 0 bridgehead atoms. The number of carbonyl (C=O) groups is 1. The fourth-order valence-electron chi connectivity index (χ4n) is 1.86. The monoisotopic (exact) mass is 242 g/mol. The molecule has 92 valence electrons. The molecule has 3 N–H and O–H groups in total. The third kappa shape index (κ3) is 2.19. The van der Waals surface area contributed by atoms with E-state index in [2.05, 4.69) is 5.43 Å². The van der Waals surface area contributed by atoms with E-state index in [-0.39, 0.29) is 5.91 Å². The van der Waals surface area contributed by atoms with E-state index in [9.17, 15) is 4.79 Å². The molecule has 0 unspecified atom stereocenters. The van der Waals surface area contributed by atoms with Crippen LogP contribution in [0.25, 0.3) is 11.1 Å². The largest absolute Gasteiger partial charge is 0.495 e. The summed E-state index contributed by atoms with van der Waals surface area (Å²) in [6.07, 6.45) is 0. The fourth-order valence-corrected chi connectivity index (χ4v) is 1.86. The highest BCUT2D eigenvalue weighted by atomic mass is 16.5. The van der Waals surface area contributed by atoms with Crippen LogP contribution in [0, 0.1) is 0 Å². The van der Waals surface area contributed by atoms with Crippen LogP contribution in [0.3, 0.4) is 0 Å². The molecular weight excluding hydrogens is 228 g/mol. The van der Waals surface area contributed by atoms with Crippen molar-refractivity contribution in [3.8, 4) is 16.9 Å². The molecule has 0 fully saturated rings. The second-order valence-corrected chi connectivity index (χ2v) is 3.73.